The van der Waals surface area contributed by atoms with Gasteiger partial charge in [0.2, 0.25) is 0 Å². The zero-order chi connectivity index (χ0) is 21.9. The SMILES string of the molecule is CCCCC(CC)CCCCN.O=S(=O)([N-]S(=O)(=O)C(F)(F)F)C(F)(F)F. The van der Waals surface area contributed by atoms with Crippen LogP contribution in [0.4, 0.5) is 26.3 Å². The lowest BCUT2D eigenvalue weighted by Gasteiger charge is -2.22. The molecule has 1 unspecified atom stereocenters. The first-order chi connectivity index (χ1) is 12.1. The van der Waals surface area contributed by atoms with Crippen LogP contribution >= 0.6 is 0 Å². The summed E-state index contributed by atoms with van der Waals surface area (Å²) in [6.45, 7) is 5.44. The zero-order valence-electron chi connectivity index (χ0n) is 15.0. The van der Waals surface area contributed by atoms with Crippen LogP contribution in [0.5, 0.6) is 0 Å². The molecule has 0 aliphatic rings. The van der Waals surface area contributed by atoms with Crippen molar-refractivity contribution in [2.24, 2.45) is 11.7 Å². The van der Waals surface area contributed by atoms with Gasteiger partial charge in [0, 0.05) is 0 Å². The Hall–Kier alpha value is -0.600. The first-order valence-electron chi connectivity index (χ1n) is 8.12. The van der Waals surface area contributed by atoms with Crippen LogP contribution in [0.2, 0.25) is 0 Å². The molecule has 2 N–H and O–H groups in total. The lowest BCUT2D eigenvalue weighted by atomic mass is 9.94. The molecule has 27 heavy (non-hydrogen) atoms. The Balaban J connectivity index is 0. The highest BCUT2D eigenvalue weighted by Crippen LogP contribution is 2.36. The molecule has 0 spiro atoms. The normalized spacial score (nSPS) is 14.4. The zero-order valence-corrected chi connectivity index (χ0v) is 16.6. The molecule has 0 heterocycles. The third-order valence-electron chi connectivity index (χ3n) is 3.39. The van der Waals surface area contributed by atoms with Gasteiger partial charge in [-0.15, -0.1) is 0 Å². The Morgan fingerprint density at radius 3 is 1.52 bits per heavy atom. The summed E-state index contributed by atoms with van der Waals surface area (Å²) in [4.78, 5) is 0. The Morgan fingerprint density at radius 2 is 1.22 bits per heavy atom. The number of sulfonamides is 2. The van der Waals surface area contributed by atoms with Gasteiger partial charge in [0.15, 0.2) is 20.0 Å². The molecule has 0 aromatic carbocycles. The minimum atomic E-state index is -6.72. The predicted molar refractivity (Wildman–Crippen MR) is 89.5 cm³/mol. The summed E-state index contributed by atoms with van der Waals surface area (Å²) in [5, 5.41) is 0. The van der Waals surface area contributed by atoms with Crippen molar-refractivity contribution in [3.8, 4) is 0 Å². The number of nitrogens with zero attached hydrogens (tertiary/aromatic N) is 1. The molecule has 0 aromatic heterocycles. The second-order valence-electron chi connectivity index (χ2n) is 5.62. The molecule has 0 fully saturated rings. The topological polar surface area (TPSA) is 108 Å². The van der Waals surface area contributed by atoms with Crippen LogP contribution in [-0.2, 0) is 20.0 Å². The van der Waals surface area contributed by atoms with E-state index in [9.17, 15) is 43.2 Å². The summed E-state index contributed by atoms with van der Waals surface area (Å²) in [6, 6.07) is 0. The van der Waals surface area contributed by atoms with Crippen LogP contribution in [0, 0.1) is 5.92 Å². The summed E-state index contributed by atoms with van der Waals surface area (Å²) >= 11 is 0. The van der Waals surface area contributed by atoms with Crippen LogP contribution in [0.1, 0.15) is 58.8 Å². The lowest BCUT2D eigenvalue weighted by molar-refractivity contribution is -0.0444. The maximum Gasteiger partial charge on any atom is 0.480 e. The fraction of sp³-hybridized carbons (Fsp3) is 1.00. The van der Waals surface area contributed by atoms with Crippen LogP contribution in [0.15, 0.2) is 0 Å². The fourth-order valence-electron chi connectivity index (χ4n) is 1.84. The minimum Gasteiger partial charge on any atom is -0.421 e. The summed E-state index contributed by atoms with van der Waals surface area (Å²) in [7, 11) is -13.4. The molecular weight excluding hydrogens is 426 g/mol. The minimum absolute atomic E-state index is 0.778. The van der Waals surface area contributed by atoms with Crippen molar-refractivity contribution in [1.29, 1.82) is 0 Å². The van der Waals surface area contributed by atoms with Crippen molar-refractivity contribution in [1.82, 2.24) is 0 Å². The molecule has 14 heteroatoms. The van der Waals surface area contributed by atoms with Gasteiger partial charge in [-0.3, -0.25) is 0 Å². The van der Waals surface area contributed by atoms with Crippen molar-refractivity contribution >= 4 is 20.0 Å². The standard InChI is InChI=1S/C11H25N.C2F6NO4S2/c1-3-5-8-11(4-2)9-6-7-10-12;3-1(4,5)14(10,11)9-15(12,13)2(6,7)8/h11H,3-10,12H2,1-2H3;/q;-1. The number of unbranched alkanes of at least 4 members (excludes halogenated alkanes) is 2. The molecule has 0 aromatic rings. The highest BCUT2D eigenvalue weighted by Gasteiger charge is 2.46. The molecule has 0 saturated heterocycles. The van der Waals surface area contributed by atoms with Crippen molar-refractivity contribution in [2.75, 3.05) is 6.54 Å². The van der Waals surface area contributed by atoms with Gasteiger partial charge in [-0.2, -0.15) is 26.3 Å². The van der Waals surface area contributed by atoms with Crippen LogP contribution in [0.25, 0.3) is 4.13 Å². The molecule has 6 nitrogen and oxygen atoms in total. The number of halogens is 6. The highest BCUT2D eigenvalue weighted by molar-refractivity contribution is 8.13. The van der Waals surface area contributed by atoms with E-state index in [1.165, 1.54) is 44.9 Å². The molecule has 0 aliphatic carbocycles. The third-order valence-corrected chi connectivity index (χ3v) is 6.13. The number of nitrogens with two attached hydrogens (primary N) is 1. The molecule has 166 valence electrons. The fourth-order valence-corrected chi connectivity index (χ4v) is 3.55. The molecular formula is C13H25F6N2O4S2-. The van der Waals surface area contributed by atoms with Gasteiger partial charge in [-0.1, -0.05) is 52.4 Å². The molecule has 0 aliphatic heterocycles. The van der Waals surface area contributed by atoms with E-state index in [4.69, 9.17) is 5.73 Å². The van der Waals surface area contributed by atoms with Crippen molar-refractivity contribution < 1.29 is 43.2 Å². The van der Waals surface area contributed by atoms with Gasteiger partial charge in [-0.05, 0) is 18.9 Å². The van der Waals surface area contributed by atoms with Crippen LogP contribution < -0.4 is 5.73 Å². The van der Waals surface area contributed by atoms with Gasteiger partial charge in [0.05, 0.1) is 0 Å². The first kappa shape index (κ1) is 28.6. The van der Waals surface area contributed by atoms with Gasteiger partial charge < -0.3 is 9.86 Å². The number of alkyl halides is 6. The average Bonchev–Trinajstić information content (AvgIpc) is 2.48. The van der Waals surface area contributed by atoms with Gasteiger partial charge >= 0.3 is 11.0 Å². The maximum absolute atomic E-state index is 11.4. The molecule has 0 saturated carbocycles. The van der Waals surface area contributed by atoms with E-state index in [0.717, 1.165) is 16.6 Å². The number of hydrogen-bond donors (Lipinski definition) is 1. The van der Waals surface area contributed by atoms with Gasteiger partial charge in [0.1, 0.15) is 0 Å². The smallest absolute Gasteiger partial charge is 0.421 e. The predicted octanol–water partition coefficient (Wildman–Crippen LogP) is 4.39. The second kappa shape index (κ2) is 12.1. The van der Waals surface area contributed by atoms with E-state index in [1.807, 2.05) is 0 Å². The van der Waals surface area contributed by atoms with Gasteiger partial charge in [-0.25, -0.2) is 16.8 Å². The van der Waals surface area contributed by atoms with Crippen molar-refractivity contribution in [3.63, 3.8) is 0 Å². The molecule has 1 atom stereocenters. The van der Waals surface area contributed by atoms with E-state index in [0.29, 0.717) is 0 Å². The van der Waals surface area contributed by atoms with Crippen molar-refractivity contribution in [3.05, 3.63) is 4.13 Å². The summed E-state index contributed by atoms with van der Waals surface area (Å²) in [6.07, 6.45) is 9.46. The Kier molecular flexibility index (Phi) is 12.8. The summed E-state index contributed by atoms with van der Waals surface area (Å²) < 4.78 is 109. The van der Waals surface area contributed by atoms with E-state index in [1.54, 1.807) is 0 Å². The number of hydrogen-bond acceptors (Lipinski definition) is 5. The maximum atomic E-state index is 11.4. The Bertz CT molecular complexity index is 561. The largest absolute Gasteiger partial charge is 0.480 e. The van der Waals surface area contributed by atoms with E-state index >= 15 is 0 Å². The first-order valence-corrected chi connectivity index (χ1v) is 11.0. The highest BCUT2D eigenvalue weighted by atomic mass is 32.3. The third kappa shape index (κ3) is 11.8. The van der Waals surface area contributed by atoms with Crippen molar-refractivity contribution in [2.45, 2.75) is 69.8 Å². The number of rotatable bonds is 10. The molecule has 0 rings (SSSR count). The second-order valence-corrected chi connectivity index (χ2v) is 9.04. The lowest BCUT2D eigenvalue weighted by Crippen LogP contribution is -2.30. The molecule has 0 bridgehead atoms. The summed E-state index contributed by atoms with van der Waals surface area (Å²) in [5.41, 5.74) is -6.95. The average molecular weight is 451 g/mol. The molecule has 0 radical (unpaired) electrons. The van der Waals surface area contributed by atoms with Gasteiger partial charge in [0.25, 0.3) is 0 Å². The monoisotopic (exact) mass is 451 g/mol. The van der Waals surface area contributed by atoms with E-state index < -0.39 is 31.1 Å². The van der Waals surface area contributed by atoms with E-state index in [-0.39, 0.29) is 0 Å². The van der Waals surface area contributed by atoms with Crippen LogP contribution in [0.3, 0.4) is 0 Å². The van der Waals surface area contributed by atoms with E-state index in [2.05, 4.69) is 13.8 Å². The quantitative estimate of drug-likeness (QED) is 0.391. The molecule has 0 amide bonds. The Labute approximate surface area is 156 Å². The van der Waals surface area contributed by atoms with Crippen LogP contribution in [-0.4, -0.2) is 34.4 Å². The summed E-state index contributed by atoms with van der Waals surface area (Å²) in [5.74, 6) is 0.969. The Morgan fingerprint density at radius 1 is 0.815 bits per heavy atom.